The maximum absolute atomic E-state index is 11.6. The summed E-state index contributed by atoms with van der Waals surface area (Å²) in [5.41, 5.74) is 0. The van der Waals surface area contributed by atoms with Crippen molar-refractivity contribution in [1.29, 1.82) is 0 Å². The van der Waals surface area contributed by atoms with E-state index < -0.39 is 0 Å². The second kappa shape index (κ2) is 6.30. The molecule has 4 heteroatoms. The van der Waals surface area contributed by atoms with Crippen LogP contribution in [0.15, 0.2) is 0 Å². The Morgan fingerprint density at radius 3 is 3.07 bits per heavy atom. The molecule has 14 heavy (non-hydrogen) atoms. The molecule has 0 aromatic heterocycles. The molecule has 1 heterocycles. The quantitative estimate of drug-likeness (QED) is 0.718. The number of rotatable bonds is 5. The van der Waals surface area contributed by atoms with E-state index in [1.807, 2.05) is 18.7 Å². The Balaban J connectivity index is 2.13. The second-order valence-electron chi connectivity index (χ2n) is 3.92. The van der Waals surface area contributed by atoms with Gasteiger partial charge in [-0.3, -0.25) is 4.79 Å². The van der Waals surface area contributed by atoms with Crippen molar-refractivity contribution < 1.29 is 9.90 Å². The lowest BCUT2D eigenvalue weighted by Crippen LogP contribution is -2.34. The summed E-state index contributed by atoms with van der Waals surface area (Å²) in [6, 6.07) is 0. The van der Waals surface area contributed by atoms with Crippen LogP contribution in [0.1, 0.15) is 19.8 Å². The van der Waals surface area contributed by atoms with Gasteiger partial charge in [-0.1, -0.05) is 6.92 Å². The zero-order valence-corrected chi connectivity index (χ0v) is 9.48. The number of carbonyl (C=O) groups is 1. The Labute approximate surface area is 89.6 Å². The minimum atomic E-state index is 0.194. The van der Waals surface area contributed by atoms with Gasteiger partial charge in [-0.15, -0.1) is 0 Å². The zero-order valence-electron chi connectivity index (χ0n) is 8.66. The molecule has 0 radical (unpaired) electrons. The van der Waals surface area contributed by atoms with Crippen LogP contribution in [-0.2, 0) is 4.79 Å². The highest BCUT2D eigenvalue weighted by Crippen LogP contribution is 2.23. The van der Waals surface area contributed by atoms with Gasteiger partial charge in [0.15, 0.2) is 0 Å². The van der Waals surface area contributed by atoms with E-state index in [1.54, 1.807) is 0 Å². The third-order valence-corrected chi connectivity index (χ3v) is 3.71. The average molecular weight is 217 g/mol. The first-order valence-corrected chi connectivity index (χ1v) is 6.35. The van der Waals surface area contributed by atoms with Crippen molar-refractivity contribution in [2.45, 2.75) is 19.8 Å². The summed E-state index contributed by atoms with van der Waals surface area (Å²) in [5, 5.41) is 11.6. The number of nitrogens with one attached hydrogen (secondary N) is 1. The van der Waals surface area contributed by atoms with Crippen molar-refractivity contribution in [3.05, 3.63) is 0 Å². The summed E-state index contributed by atoms with van der Waals surface area (Å²) in [6.07, 6.45) is 1.78. The number of hydrogen-bond acceptors (Lipinski definition) is 3. The zero-order chi connectivity index (χ0) is 10.4. The van der Waals surface area contributed by atoms with Crippen LogP contribution in [0.5, 0.6) is 0 Å². The van der Waals surface area contributed by atoms with Crippen LogP contribution < -0.4 is 5.32 Å². The van der Waals surface area contributed by atoms with Crippen molar-refractivity contribution in [3.8, 4) is 0 Å². The molecule has 2 atom stereocenters. The normalized spacial score (nSPS) is 23.4. The van der Waals surface area contributed by atoms with Crippen molar-refractivity contribution in [2.75, 3.05) is 24.7 Å². The van der Waals surface area contributed by atoms with Gasteiger partial charge < -0.3 is 10.4 Å². The average Bonchev–Trinajstić information content (AvgIpc) is 2.67. The molecule has 2 unspecified atom stereocenters. The largest absolute Gasteiger partial charge is 0.396 e. The Hall–Kier alpha value is -0.220. The highest BCUT2D eigenvalue weighted by molar-refractivity contribution is 7.99. The van der Waals surface area contributed by atoms with E-state index in [4.69, 9.17) is 5.11 Å². The molecule has 2 N–H and O–H groups in total. The first-order chi connectivity index (χ1) is 6.74. The van der Waals surface area contributed by atoms with Crippen LogP contribution >= 0.6 is 11.8 Å². The fraction of sp³-hybridized carbons (Fsp3) is 0.900. The van der Waals surface area contributed by atoms with E-state index in [1.165, 1.54) is 0 Å². The first kappa shape index (κ1) is 11.9. The molecular formula is C10H19NO2S. The van der Waals surface area contributed by atoms with Gasteiger partial charge in [0.05, 0.1) is 0 Å². The predicted octanol–water partition coefficient (Wildman–Crippen LogP) is 0.874. The summed E-state index contributed by atoms with van der Waals surface area (Å²) in [6.45, 7) is 2.94. The predicted molar refractivity (Wildman–Crippen MR) is 59.3 cm³/mol. The molecule has 1 fully saturated rings. The van der Waals surface area contributed by atoms with Gasteiger partial charge in [0.2, 0.25) is 5.91 Å². The summed E-state index contributed by atoms with van der Waals surface area (Å²) < 4.78 is 0. The van der Waals surface area contributed by atoms with E-state index in [-0.39, 0.29) is 18.4 Å². The standard InChI is InChI=1S/C10H19NO2S/c1-8(2-4-12)6-11-10(13)9-3-5-14-7-9/h8-9,12H,2-7H2,1H3,(H,11,13). The Kier molecular flexibility index (Phi) is 5.33. The van der Waals surface area contributed by atoms with E-state index in [9.17, 15) is 4.79 Å². The molecule has 0 aromatic carbocycles. The molecule has 0 aromatic rings. The van der Waals surface area contributed by atoms with E-state index in [2.05, 4.69) is 5.32 Å². The van der Waals surface area contributed by atoms with E-state index in [0.717, 1.165) is 24.3 Å². The van der Waals surface area contributed by atoms with Crippen molar-refractivity contribution >= 4 is 17.7 Å². The molecule has 82 valence electrons. The van der Waals surface area contributed by atoms with E-state index in [0.29, 0.717) is 12.5 Å². The van der Waals surface area contributed by atoms with Crippen LogP contribution in [0.2, 0.25) is 0 Å². The number of hydrogen-bond donors (Lipinski definition) is 2. The van der Waals surface area contributed by atoms with Gasteiger partial charge in [0.25, 0.3) is 0 Å². The fourth-order valence-corrected chi connectivity index (χ4v) is 2.70. The fourth-order valence-electron chi connectivity index (χ4n) is 1.48. The molecule has 1 aliphatic heterocycles. The first-order valence-electron chi connectivity index (χ1n) is 5.20. The highest BCUT2D eigenvalue weighted by Gasteiger charge is 2.22. The summed E-state index contributed by atoms with van der Waals surface area (Å²) in [7, 11) is 0. The van der Waals surface area contributed by atoms with Crippen LogP contribution in [0.25, 0.3) is 0 Å². The number of thioether (sulfide) groups is 1. The number of amides is 1. The molecule has 1 rings (SSSR count). The lowest BCUT2D eigenvalue weighted by atomic mass is 10.1. The van der Waals surface area contributed by atoms with Crippen LogP contribution in [-0.4, -0.2) is 35.7 Å². The van der Waals surface area contributed by atoms with Gasteiger partial charge in [-0.25, -0.2) is 0 Å². The molecule has 0 aliphatic carbocycles. The summed E-state index contributed by atoms with van der Waals surface area (Å²) in [4.78, 5) is 11.6. The topological polar surface area (TPSA) is 49.3 Å². The van der Waals surface area contributed by atoms with Gasteiger partial charge in [0.1, 0.15) is 0 Å². The minimum Gasteiger partial charge on any atom is -0.396 e. The number of carbonyl (C=O) groups excluding carboxylic acids is 1. The van der Waals surface area contributed by atoms with Gasteiger partial charge in [-0.05, 0) is 24.5 Å². The molecule has 3 nitrogen and oxygen atoms in total. The molecule has 1 aliphatic rings. The number of aliphatic hydroxyl groups excluding tert-OH is 1. The smallest absolute Gasteiger partial charge is 0.223 e. The van der Waals surface area contributed by atoms with Crippen molar-refractivity contribution in [3.63, 3.8) is 0 Å². The summed E-state index contributed by atoms with van der Waals surface area (Å²) in [5.74, 6) is 2.88. The Morgan fingerprint density at radius 2 is 2.50 bits per heavy atom. The summed E-state index contributed by atoms with van der Waals surface area (Å²) >= 11 is 1.85. The van der Waals surface area contributed by atoms with Crippen molar-refractivity contribution in [1.82, 2.24) is 5.32 Å². The maximum Gasteiger partial charge on any atom is 0.223 e. The Morgan fingerprint density at radius 1 is 1.71 bits per heavy atom. The van der Waals surface area contributed by atoms with Gasteiger partial charge in [0, 0.05) is 24.8 Å². The molecule has 0 bridgehead atoms. The molecule has 1 amide bonds. The molecule has 0 spiro atoms. The van der Waals surface area contributed by atoms with Gasteiger partial charge >= 0.3 is 0 Å². The van der Waals surface area contributed by atoms with E-state index >= 15 is 0 Å². The third kappa shape index (κ3) is 3.88. The Bertz CT molecular complexity index is 181. The molecule has 0 saturated carbocycles. The monoisotopic (exact) mass is 217 g/mol. The third-order valence-electron chi connectivity index (χ3n) is 2.55. The molecule has 1 saturated heterocycles. The minimum absolute atomic E-state index is 0.194. The SMILES string of the molecule is CC(CCO)CNC(=O)C1CCSC1. The van der Waals surface area contributed by atoms with Crippen LogP contribution in [0.3, 0.4) is 0 Å². The molecular weight excluding hydrogens is 198 g/mol. The van der Waals surface area contributed by atoms with Gasteiger partial charge in [-0.2, -0.15) is 11.8 Å². The van der Waals surface area contributed by atoms with Crippen LogP contribution in [0.4, 0.5) is 0 Å². The lowest BCUT2D eigenvalue weighted by molar-refractivity contribution is -0.124. The van der Waals surface area contributed by atoms with Crippen molar-refractivity contribution in [2.24, 2.45) is 11.8 Å². The maximum atomic E-state index is 11.6. The lowest BCUT2D eigenvalue weighted by Gasteiger charge is -2.13. The second-order valence-corrected chi connectivity index (χ2v) is 5.07. The highest BCUT2D eigenvalue weighted by atomic mass is 32.2. The number of aliphatic hydroxyl groups is 1. The van der Waals surface area contributed by atoms with Crippen LogP contribution in [0, 0.1) is 11.8 Å².